The number of hydrogen-bond donors (Lipinski definition) is 0. The lowest BCUT2D eigenvalue weighted by Gasteiger charge is -2.21. The Morgan fingerprint density at radius 2 is 2.00 bits per heavy atom. The van der Waals surface area contributed by atoms with Gasteiger partial charge >= 0.3 is 0 Å². The van der Waals surface area contributed by atoms with E-state index in [-0.39, 0.29) is 5.41 Å². The lowest BCUT2D eigenvalue weighted by atomic mass is 9.96. The highest BCUT2D eigenvalue weighted by Gasteiger charge is 2.29. The molecule has 0 radical (unpaired) electrons. The molecule has 6 nitrogen and oxygen atoms in total. The molecule has 1 fully saturated rings. The van der Waals surface area contributed by atoms with Crippen LogP contribution in [0.25, 0.3) is 11.2 Å². The van der Waals surface area contributed by atoms with Crippen LogP contribution in [0.4, 0.5) is 10.2 Å². The molecule has 3 aromatic rings. The molecule has 1 aliphatic heterocycles. The summed E-state index contributed by atoms with van der Waals surface area (Å²) in [7, 11) is 0. The normalized spacial score (nSPS) is 17.8. The van der Waals surface area contributed by atoms with Gasteiger partial charge in [0.05, 0.1) is 13.1 Å². The van der Waals surface area contributed by atoms with Gasteiger partial charge in [0.2, 0.25) is 0 Å². The van der Waals surface area contributed by atoms with Crippen molar-refractivity contribution >= 4 is 28.6 Å². The predicted molar refractivity (Wildman–Crippen MR) is 104 cm³/mol. The van der Waals surface area contributed by atoms with Crippen LogP contribution in [-0.4, -0.2) is 44.2 Å². The summed E-state index contributed by atoms with van der Waals surface area (Å²) in [4.78, 5) is 11.4. The number of anilines is 1. The van der Waals surface area contributed by atoms with Gasteiger partial charge in [-0.05, 0) is 18.1 Å². The highest BCUT2D eigenvalue weighted by molar-refractivity contribution is 6.31. The summed E-state index contributed by atoms with van der Waals surface area (Å²) in [6.07, 6.45) is -0.337. The van der Waals surface area contributed by atoms with Gasteiger partial charge in [-0.3, -0.25) is 0 Å². The lowest BCUT2D eigenvalue weighted by molar-refractivity contribution is 0.364. The molecule has 8 heteroatoms. The Hall–Kier alpha value is -2.28. The van der Waals surface area contributed by atoms with Crippen LogP contribution in [-0.2, 0) is 12.0 Å². The van der Waals surface area contributed by atoms with E-state index >= 15 is 0 Å². The van der Waals surface area contributed by atoms with Crippen LogP contribution in [0.5, 0.6) is 0 Å². The monoisotopic (exact) mass is 388 g/mol. The van der Waals surface area contributed by atoms with Crippen LogP contribution in [0.1, 0.15) is 38.6 Å². The van der Waals surface area contributed by atoms with Gasteiger partial charge in [0.15, 0.2) is 17.0 Å². The highest BCUT2D eigenvalue weighted by atomic mass is 35.5. The minimum absolute atomic E-state index is 0.253. The van der Waals surface area contributed by atoms with Crippen molar-refractivity contribution in [2.75, 3.05) is 18.0 Å². The van der Waals surface area contributed by atoms with Gasteiger partial charge in [0.1, 0.15) is 12.0 Å². The maximum Gasteiger partial charge on any atom is 0.184 e. The molecule has 27 heavy (non-hydrogen) atoms. The molecule has 0 N–H and O–H groups in total. The Morgan fingerprint density at radius 3 is 2.67 bits per heavy atom. The number of aromatic nitrogens is 5. The molecular weight excluding hydrogens is 367 g/mol. The van der Waals surface area contributed by atoms with Crippen molar-refractivity contribution in [1.29, 1.82) is 0 Å². The summed E-state index contributed by atoms with van der Waals surface area (Å²) in [5, 5.41) is 9.28. The number of alkyl halides is 1. The lowest BCUT2D eigenvalue weighted by Crippen LogP contribution is -2.25. The summed E-state index contributed by atoms with van der Waals surface area (Å²) in [5.74, 6) is 1.35. The average Bonchev–Trinajstić information content (AvgIpc) is 3.22. The summed E-state index contributed by atoms with van der Waals surface area (Å²) < 4.78 is 15.5. The minimum Gasteiger partial charge on any atom is -0.352 e. The molecule has 3 heterocycles. The highest BCUT2D eigenvalue weighted by Crippen LogP contribution is 2.30. The average molecular weight is 389 g/mol. The van der Waals surface area contributed by atoms with Crippen LogP contribution in [0, 0.1) is 0 Å². The molecule has 1 atom stereocenters. The maximum atomic E-state index is 13.8. The van der Waals surface area contributed by atoms with E-state index < -0.39 is 6.17 Å². The van der Waals surface area contributed by atoms with Gasteiger partial charge in [-0.2, -0.15) is 0 Å². The molecule has 0 amide bonds. The van der Waals surface area contributed by atoms with Crippen LogP contribution in [0.3, 0.4) is 0 Å². The fourth-order valence-corrected chi connectivity index (χ4v) is 3.40. The van der Waals surface area contributed by atoms with Gasteiger partial charge in [-0.1, -0.05) is 55.8 Å². The molecule has 1 aliphatic rings. The first-order valence-corrected chi connectivity index (χ1v) is 9.45. The Bertz CT molecular complexity index is 980. The largest absolute Gasteiger partial charge is 0.352 e. The van der Waals surface area contributed by atoms with E-state index in [0.717, 1.165) is 5.56 Å². The standard InChI is InChI=1S/C19H22ClFN6/c1-19(2,3)18-22-16(26-9-8-13(21)11-26)15-17(23-18)27(25-24-15)10-12-6-4-5-7-14(12)20/h4-7,13H,8-11H2,1-3H3. The van der Waals surface area contributed by atoms with E-state index in [4.69, 9.17) is 21.6 Å². The summed E-state index contributed by atoms with van der Waals surface area (Å²) in [6.45, 7) is 7.58. The quantitative estimate of drug-likeness (QED) is 0.683. The van der Waals surface area contributed by atoms with E-state index in [1.165, 1.54) is 0 Å². The molecule has 4 rings (SSSR count). The molecule has 0 aliphatic carbocycles. The molecule has 1 unspecified atom stereocenters. The van der Waals surface area contributed by atoms with Crippen molar-refractivity contribution in [2.24, 2.45) is 0 Å². The third-order valence-electron chi connectivity index (χ3n) is 4.72. The fourth-order valence-electron chi connectivity index (χ4n) is 3.20. The van der Waals surface area contributed by atoms with Crippen molar-refractivity contribution in [1.82, 2.24) is 25.0 Å². The third kappa shape index (κ3) is 3.48. The van der Waals surface area contributed by atoms with Gasteiger partial charge in [-0.15, -0.1) is 5.10 Å². The van der Waals surface area contributed by atoms with Gasteiger partial charge in [0, 0.05) is 17.0 Å². The first kappa shape index (κ1) is 18.1. The molecule has 0 spiro atoms. The number of halogens is 2. The first-order chi connectivity index (χ1) is 12.8. The Balaban J connectivity index is 1.84. The van der Waals surface area contributed by atoms with E-state index in [9.17, 15) is 4.39 Å². The van der Waals surface area contributed by atoms with Gasteiger partial charge in [0.25, 0.3) is 0 Å². The minimum atomic E-state index is -0.841. The number of hydrogen-bond acceptors (Lipinski definition) is 5. The van der Waals surface area contributed by atoms with Crippen molar-refractivity contribution in [2.45, 2.75) is 45.3 Å². The second-order valence-corrected chi connectivity index (χ2v) is 8.37. The maximum absolute atomic E-state index is 13.8. The van der Waals surface area contributed by atoms with Crippen LogP contribution in [0.2, 0.25) is 5.02 Å². The molecular formula is C19H22ClFN6. The third-order valence-corrected chi connectivity index (χ3v) is 5.09. The predicted octanol–water partition coefficient (Wildman–Crippen LogP) is 3.77. The second-order valence-electron chi connectivity index (χ2n) is 7.96. The van der Waals surface area contributed by atoms with Crippen molar-refractivity contribution in [3.05, 3.63) is 40.7 Å². The van der Waals surface area contributed by atoms with Crippen molar-refractivity contribution in [3.8, 4) is 0 Å². The molecule has 1 saturated heterocycles. The van der Waals surface area contributed by atoms with Crippen LogP contribution < -0.4 is 4.90 Å². The zero-order valence-corrected chi connectivity index (χ0v) is 16.4. The van der Waals surface area contributed by atoms with E-state index in [1.54, 1.807) is 4.68 Å². The zero-order chi connectivity index (χ0) is 19.2. The Kier molecular flexibility index (Phi) is 4.50. The van der Waals surface area contributed by atoms with Crippen LogP contribution >= 0.6 is 11.6 Å². The Labute approximate surface area is 162 Å². The van der Waals surface area contributed by atoms with E-state index in [1.807, 2.05) is 29.2 Å². The molecule has 0 bridgehead atoms. The summed E-state index contributed by atoms with van der Waals surface area (Å²) in [6, 6.07) is 7.64. The van der Waals surface area contributed by atoms with Gasteiger partial charge in [-0.25, -0.2) is 19.0 Å². The summed E-state index contributed by atoms with van der Waals surface area (Å²) >= 11 is 6.30. The second kappa shape index (κ2) is 6.71. The molecule has 0 saturated carbocycles. The SMILES string of the molecule is CC(C)(C)c1nc(N2CCC(F)C2)c2nnn(Cc3ccccc3Cl)c2n1. The first-order valence-electron chi connectivity index (χ1n) is 9.07. The number of benzene rings is 1. The van der Waals surface area contributed by atoms with E-state index in [2.05, 4.69) is 31.1 Å². The fraction of sp³-hybridized carbons (Fsp3) is 0.474. The van der Waals surface area contributed by atoms with Crippen LogP contribution in [0.15, 0.2) is 24.3 Å². The molecule has 1 aromatic carbocycles. The Morgan fingerprint density at radius 1 is 1.22 bits per heavy atom. The zero-order valence-electron chi connectivity index (χ0n) is 15.7. The smallest absolute Gasteiger partial charge is 0.184 e. The molecule has 142 valence electrons. The number of rotatable bonds is 3. The topological polar surface area (TPSA) is 59.7 Å². The van der Waals surface area contributed by atoms with Gasteiger partial charge < -0.3 is 4.90 Å². The van der Waals surface area contributed by atoms with Crippen molar-refractivity contribution < 1.29 is 4.39 Å². The van der Waals surface area contributed by atoms with E-state index in [0.29, 0.717) is 53.9 Å². The number of nitrogens with zero attached hydrogens (tertiary/aromatic N) is 6. The number of fused-ring (bicyclic) bond motifs is 1. The summed E-state index contributed by atoms with van der Waals surface area (Å²) in [5.41, 5.74) is 1.93. The van der Waals surface area contributed by atoms with Crippen molar-refractivity contribution in [3.63, 3.8) is 0 Å². The molecule has 2 aromatic heterocycles.